The lowest BCUT2D eigenvalue weighted by Gasteiger charge is -2.20. The van der Waals surface area contributed by atoms with Crippen molar-refractivity contribution in [2.24, 2.45) is 11.8 Å². The molecule has 3 aromatic rings. The van der Waals surface area contributed by atoms with Crippen LogP contribution in [-0.4, -0.2) is 47.1 Å². The molecule has 5 rings (SSSR count). The molecule has 2 heterocycles. The molecular formula is C24H25N5O4S. The maximum absolute atomic E-state index is 13.6. The molecule has 176 valence electrons. The molecule has 10 heteroatoms. The predicted octanol–water partition coefficient (Wildman–Crippen LogP) is 3.04. The molecule has 2 aliphatic carbocycles. The number of fused-ring (bicyclic) bond motifs is 1. The number of hydrogen-bond acceptors (Lipinski definition) is 8. The van der Waals surface area contributed by atoms with E-state index in [4.69, 9.17) is 4.74 Å². The van der Waals surface area contributed by atoms with Crippen LogP contribution in [0.15, 0.2) is 54.1 Å². The third-order valence-corrected chi connectivity index (χ3v) is 7.54. The summed E-state index contributed by atoms with van der Waals surface area (Å²) in [7, 11) is -3.58. The summed E-state index contributed by atoms with van der Waals surface area (Å²) in [6.07, 6.45) is 8.62. The molecule has 2 aromatic heterocycles. The van der Waals surface area contributed by atoms with E-state index in [0.717, 1.165) is 31.1 Å². The summed E-state index contributed by atoms with van der Waals surface area (Å²) >= 11 is 0. The largest absolute Gasteiger partial charge is 0.477 e. The van der Waals surface area contributed by atoms with Crippen molar-refractivity contribution in [2.75, 3.05) is 18.2 Å². The lowest BCUT2D eigenvalue weighted by atomic mass is 9.90. The summed E-state index contributed by atoms with van der Waals surface area (Å²) < 4.78 is 29.4. The average Bonchev–Trinajstić information content (AvgIpc) is 3.20. The number of carbonyl (C=O) groups excluding carboxylic acids is 1. The minimum atomic E-state index is -3.58. The molecule has 1 amide bonds. The molecule has 0 spiro atoms. The number of benzene rings is 1. The summed E-state index contributed by atoms with van der Waals surface area (Å²) in [5.74, 6) is 0.612. The Morgan fingerprint density at radius 3 is 2.53 bits per heavy atom. The molecule has 3 atom stereocenters. The van der Waals surface area contributed by atoms with Crippen LogP contribution in [0.2, 0.25) is 0 Å². The minimum absolute atomic E-state index is 0.158. The first-order valence-electron chi connectivity index (χ1n) is 11.2. The van der Waals surface area contributed by atoms with Gasteiger partial charge in [-0.25, -0.2) is 23.4 Å². The smallest absolute Gasteiger partial charge is 0.247 e. The average molecular weight is 480 g/mol. The molecule has 1 unspecified atom stereocenters. The van der Waals surface area contributed by atoms with Crippen molar-refractivity contribution >= 4 is 21.4 Å². The Labute approximate surface area is 198 Å². The van der Waals surface area contributed by atoms with Crippen molar-refractivity contribution in [3.8, 4) is 17.1 Å². The Balaban J connectivity index is 1.40. The first-order chi connectivity index (χ1) is 16.3. The van der Waals surface area contributed by atoms with Gasteiger partial charge in [0.15, 0.2) is 0 Å². The van der Waals surface area contributed by atoms with E-state index in [1.165, 1.54) is 6.20 Å². The number of nitrogens with one attached hydrogen (secondary N) is 1. The maximum atomic E-state index is 13.6. The van der Waals surface area contributed by atoms with E-state index in [1.54, 1.807) is 18.5 Å². The van der Waals surface area contributed by atoms with Crippen molar-refractivity contribution in [2.45, 2.75) is 36.8 Å². The van der Waals surface area contributed by atoms with E-state index >= 15 is 0 Å². The number of nitrogens with zero attached hydrogens (tertiary/aromatic N) is 4. The van der Waals surface area contributed by atoms with Gasteiger partial charge in [-0.3, -0.25) is 9.78 Å². The summed E-state index contributed by atoms with van der Waals surface area (Å²) in [6.45, 7) is 2.39. The quantitative estimate of drug-likeness (QED) is 0.513. The number of sulfone groups is 1. The van der Waals surface area contributed by atoms with E-state index in [-0.39, 0.29) is 22.9 Å². The van der Waals surface area contributed by atoms with Gasteiger partial charge in [-0.05, 0) is 49.8 Å². The van der Waals surface area contributed by atoms with Gasteiger partial charge in [-0.2, -0.15) is 0 Å². The zero-order chi connectivity index (χ0) is 23.9. The second-order valence-corrected chi connectivity index (χ2v) is 10.6. The maximum Gasteiger partial charge on any atom is 0.247 e. The van der Waals surface area contributed by atoms with Crippen LogP contribution in [0.1, 0.15) is 31.9 Å². The molecule has 2 fully saturated rings. The first-order valence-corrected chi connectivity index (χ1v) is 13.1. The Hall–Kier alpha value is -3.40. The number of aromatic nitrogens is 4. The Morgan fingerprint density at radius 1 is 1.12 bits per heavy atom. The highest BCUT2D eigenvalue weighted by Crippen LogP contribution is 2.67. The third kappa shape index (κ3) is 3.81. The third-order valence-electron chi connectivity index (χ3n) is 6.68. The second-order valence-electron chi connectivity index (χ2n) is 8.72. The Bertz CT molecular complexity index is 1330. The van der Waals surface area contributed by atoms with Crippen LogP contribution in [0, 0.1) is 11.8 Å². The molecule has 1 aromatic carbocycles. The first kappa shape index (κ1) is 22.4. The highest BCUT2D eigenvalue weighted by Gasteiger charge is 2.72. The summed E-state index contributed by atoms with van der Waals surface area (Å²) in [5.41, 5.74) is 1.82. The topological polar surface area (TPSA) is 124 Å². The monoisotopic (exact) mass is 479 g/mol. The van der Waals surface area contributed by atoms with Gasteiger partial charge in [0.1, 0.15) is 0 Å². The Morgan fingerprint density at radius 2 is 1.85 bits per heavy atom. The van der Waals surface area contributed by atoms with Crippen molar-refractivity contribution < 1.29 is 17.9 Å². The van der Waals surface area contributed by atoms with Crippen LogP contribution in [-0.2, 0) is 20.0 Å². The fourth-order valence-electron chi connectivity index (χ4n) is 5.20. The van der Waals surface area contributed by atoms with Gasteiger partial charge in [0.2, 0.25) is 26.8 Å². The van der Waals surface area contributed by atoms with E-state index < -0.39 is 15.3 Å². The van der Waals surface area contributed by atoms with Gasteiger partial charge in [0.25, 0.3) is 0 Å². The number of rotatable bonds is 7. The second kappa shape index (κ2) is 8.43. The number of amides is 1. The van der Waals surface area contributed by atoms with Crippen LogP contribution in [0.4, 0.5) is 5.69 Å². The molecule has 9 nitrogen and oxygen atoms in total. The highest BCUT2D eigenvalue weighted by atomic mass is 32.2. The molecule has 2 saturated carbocycles. The minimum Gasteiger partial charge on any atom is -0.477 e. The van der Waals surface area contributed by atoms with E-state index in [9.17, 15) is 13.2 Å². The molecule has 0 aliphatic heterocycles. The lowest BCUT2D eigenvalue weighted by molar-refractivity contribution is -0.119. The fraction of sp³-hybridized carbons (Fsp3) is 0.375. The Kier molecular flexibility index (Phi) is 5.55. The van der Waals surface area contributed by atoms with Gasteiger partial charge in [0.05, 0.1) is 35.8 Å². The van der Waals surface area contributed by atoms with E-state index in [2.05, 4.69) is 25.3 Å². The zero-order valence-electron chi connectivity index (χ0n) is 18.9. The number of hydrogen-bond donors (Lipinski definition) is 1. The number of ether oxygens (including phenoxy) is 1. The normalized spacial score (nSPS) is 23.2. The summed E-state index contributed by atoms with van der Waals surface area (Å²) in [6, 6.07) is 9.02. The van der Waals surface area contributed by atoms with Crippen LogP contribution >= 0.6 is 0 Å². The van der Waals surface area contributed by atoms with Crippen LogP contribution in [0.25, 0.3) is 11.3 Å². The highest BCUT2D eigenvalue weighted by molar-refractivity contribution is 7.90. The zero-order valence-corrected chi connectivity index (χ0v) is 19.7. The SMILES string of the molecule is CCOc1cncc(-c2ccc(NC(=O)C3(c4ccnc(S(C)(=O)=O)n4)[C@@H]4CCC[C@@H]43)cc2)n1. The van der Waals surface area contributed by atoms with Gasteiger partial charge < -0.3 is 10.1 Å². The molecule has 2 aliphatic rings. The van der Waals surface area contributed by atoms with Crippen molar-refractivity contribution in [3.63, 3.8) is 0 Å². The van der Waals surface area contributed by atoms with Crippen molar-refractivity contribution in [3.05, 3.63) is 54.6 Å². The molecule has 0 saturated heterocycles. The van der Waals surface area contributed by atoms with Crippen molar-refractivity contribution in [1.82, 2.24) is 19.9 Å². The number of carbonyl (C=O) groups is 1. The van der Waals surface area contributed by atoms with Gasteiger partial charge >= 0.3 is 0 Å². The summed E-state index contributed by atoms with van der Waals surface area (Å²) in [5, 5.41) is 2.78. The van der Waals surface area contributed by atoms with Gasteiger partial charge in [-0.15, -0.1) is 0 Å². The van der Waals surface area contributed by atoms with Crippen LogP contribution in [0.3, 0.4) is 0 Å². The fourth-order valence-corrected chi connectivity index (χ4v) is 5.72. The standard InChI is InChI=1S/C24H25N5O4S/c1-3-33-21-14-25-13-19(28-21)15-7-9-16(10-8-15)27-22(30)24(17-5-4-6-18(17)24)20-11-12-26-23(29-20)34(2,31)32/h7-14,17-18H,3-6H2,1-2H3,(H,27,30)/t17-,18+,24?. The van der Waals surface area contributed by atoms with Crippen LogP contribution < -0.4 is 10.1 Å². The molecule has 1 N–H and O–H groups in total. The lowest BCUT2D eigenvalue weighted by Crippen LogP contribution is -2.33. The predicted molar refractivity (Wildman–Crippen MR) is 125 cm³/mol. The number of anilines is 1. The molecule has 0 radical (unpaired) electrons. The molecular weight excluding hydrogens is 454 g/mol. The van der Waals surface area contributed by atoms with Crippen molar-refractivity contribution in [1.29, 1.82) is 0 Å². The molecule has 34 heavy (non-hydrogen) atoms. The van der Waals surface area contributed by atoms with E-state index in [1.807, 2.05) is 31.2 Å². The van der Waals surface area contributed by atoms with E-state index in [0.29, 0.717) is 29.6 Å². The van der Waals surface area contributed by atoms with Crippen LogP contribution in [0.5, 0.6) is 5.88 Å². The van der Waals surface area contributed by atoms with Gasteiger partial charge in [-0.1, -0.05) is 18.6 Å². The molecule has 0 bridgehead atoms. The summed E-state index contributed by atoms with van der Waals surface area (Å²) in [4.78, 5) is 30.4. The van der Waals surface area contributed by atoms with Gasteiger partial charge in [0, 0.05) is 23.7 Å².